The molecule has 2 aliphatic heterocycles. The van der Waals surface area contributed by atoms with E-state index >= 15 is 0 Å². The van der Waals surface area contributed by atoms with Crippen LogP contribution in [0.3, 0.4) is 0 Å². The van der Waals surface area contributed by atoms with Crippen molar-refractivity contribution >= 4 is 23.7 Å². The maximum Gasteiger partial charge on any atom is 0.329 e. The zero-order valence-corrected chi connectivity index (χ0v) is 12.7. The SMILES string of the molecule is C=CCN1C(=O)N/C(=C/c2ccc(N3CCCC3)cc2F)C1=O. The Labute approximate surface area is 134 Å². The van der Waals surface area contributed by atoms with Crippen LogP contribution in [0.25, 0.3) is 6.08 Å². The van der Waals surface area contributed by atoms with E-state index in [1.165, 1.54) is 18.2 Å². The van der Waals surface area contributed by atoms with Crippen LogP contribution in [0.2, 0.25) is 0 Å². The van der Waals surface area contributed by atoms with Gasteiger partial charge in [-0.05, 0) is 37.1 Å². The van der Waals surface area contributed by atoms with E-state index < -0.39 is 17.8 Å². The highest BCUT2D eigenvalue weighted by atomic mass is 19.1. The summed E-state index contributed by atoms with van der Waals surface area (Å²) in [4.78, 5) is 26.9. The molecule has 0 aliphatic carbocycles. The number of anilines is 1. The monoisotopic (exact) mass is 315 g/mol. The van der Waals surface area contributed by atoms with E-state index in [-0.39, 0.29) is 17.8 Å². The third kappa shape index (κ3) is 2.97. The van der Waals surface area contributed by atoms with Crippen molar-refractivity contribution in [2.45, 2.75) is 12.8 Å². The summed E-state index contributed by atoms with van der Waals surface area (Å²) in [6, 6.07) is 4.42. The minimum absolute atomic E-state index is 0.0738. The molecule has 0 radical (unpaired) electrons. The van der Waals surface area contributed by atoms with Crippen LogP contribution in [0, 0.1) is 5.82 Å². The number of carbonyl (C=O) groups is 2. The van der Waals surface area contributed by atoms with E-state index in [9.17, 15) is 14.0 Å². The number of nitrogens with zero attached hydrogens (tertiary/aromatic N) is 2. The molecule has 0 unspecified atom stereocenters. The van der Waals surface area contributed by atoms with Crippen molar-refractivity contribution in [1.29, 1.82) is 0 Å². The van der Waals surface area contributed by atoms with Crippen molar-refractivity contribution < 1.29 is 14.0 Å². The second-order valence-corrected chi connectivity index (χ2v) is 5.59. The number of imide groups is 1. The molecule has 0 atom stereocenters. The third-order valence-corrected chi connectivity index (χ3v) is 4.03. The first kappa shape index (κ1) is 15.3. The average molecular weight is 315 g/mol. The van der Waals surface area contributed by atoms with Gasteiger partial charge in [0.05, 0.1) is 0 Å². The maximum absolute atomic E-state index is 14.3. The largest absolute Gasteiger partial charge is 0.371 e. The van der Waals surface area contributed by atoms with Crippen molar-refractivity contribution in [3.8, 4) is 0 Å². The summed E-state index contributed by atoms with van der Waals surface area (Å²) >= 11 is 0. The molecule has 1 N–H and O–H groups in total. The molecule has 0 spiro atoms. The normalized spacial score (nSPS) is 19.6. The van der Waals surface area contributed by atoms with Crippen molar-refractivity contribution in [3.63, 3.8) is 0 Å². The minimum Gasteiger partial charge on any atom is -0.371 e. The Bertz CT molecular complexity index is 693. The third-order valence-electron chi connectivity index (χ3n) is 4.03. The van der Waals surface area contributed by atoms with Gasteiger partial charge in [-0.15, -0.1) is 6.58 Å². The van der Waals surface area contributed by atoms with Crippen LogP contribution in [0.15, 0.2) is 36.6 Å². The Kier molecular flexibility index (Phi) is 4.14. The van der Waals surface area contributed by atoms with Gasteiger partial charge in [0.2, 0.25) is 0 Å². The molecule has 0 aromatic heterocycles. The first-order chi connectivity index (χ1) is 11.1. The highest BCUT2D eigenvalue weighted by Crippen LogP contribution is 2.24. The molecule has 3 rings (SSSR count). The van der Waals surface area contributed by atoms with Gasteiger partial charge in [0.25, 0.3) is 5.91 Å². The van der Waals surface area contributed by atoms with Crippen LogP contribution in [0.1, 0.15) is 18.4 Å². The molecule has 5 nitrogen and oxygen atoms in total. The van der Waals surface area contributed by atoms with E-state index in [1.54, 1.807) is 6.07 Å². The second-order valence-electron chi connectivity index (χ2n) is 5.59. The standard InChI is InChI=1S/C17H18FN3O2/c1-2-7-21-16(22)15(19-17(21)23)10-12-5-6-13(11-14(12)18)20-8-3-4-9-20/h2,5-6,10-11H,1,3-4,7-9H2,(H,19,23)/b15-10+. The Morgan fingerprint density at radius 2 is 2.00 bits per heavy atom. The van der Waals surface area contributed by atoms with Crippen molar-refractivity contribution in [1.82, 2.24) is 10.2 Å². The van der Waals surface area contributed by atoms with Gasteiger partial charge in [-0.1, -0.05) is 6.08 Å². The number of amides is 3. The number of carbonyl (C=O) groups excluding carboxylic acids is 2. The molecule has 2 fully saturated rings. The van der Waals surface area contributed by atoms with Gasteiger partial charge in [-0.2, -0.15) is 0 Å². The molecule has 2 aliphatic rings. The van der Waals surface area contributed by atoms with Gasteiger partial charge in [0, 0.05) is 30.9 Å². The van der Waals surface area contributed by atoms with E-state index in [2.05, 4.69) is 16.8 Å². The lowest BCUT2D eigenvalue weighted by Gasteiger charge is -2.17. The van der Waals surface area contributed by atoms with Crippen LogP contribution < -0.4 is 10.2 Å². The zero-order chi connectivity index (χ0) is 16.4. The highest BCUT2D eigenvalue weighted by molar-refractivity contribution is 6.14. The molecule has 0 saturated carbocycles. The van der Waals surface area contributed by atoms with E-state index in [0.29, 0.717) is 0 Å². The molecular weight excluding hydrogens is 297 g/mol. The molecular formula is C17H18FN3O2. The number of hydrogen-bond acceptors (Lipinski definition) is 3. The number of hydrogen-bond donors (Lipinski definition) is 1. The van der Waals surface area contributed by atoms with E-state index in [0.717, 1.165) is 36.5 Å². The predicted molar refractivity (Wildman–Crippen MR) is 86.3 cm³/mol. The summed E-state index contributed by atoms with van der Waals surface area (Å²) in [6.07, 6.45) is 5.07. The first-order valence-electron chi connectivity index (χ1n) is 7.60. The topological polar surface area (TPSA) is 52.7 Å². The van der Waals surface area contributed by atoms with Gasteiger partial charge in [0.1, 0.15) is 11.5 Å². The number of halogens is 1. The van der Waals surface area contributed by atoms with Crippen LogP contribution in [-0.2, 0) is 4.79 Å². The van der Waals surface area contributed by atoms with Gasteiger partial charge in [-0.3, -0.25) is 9.69 Å². The average Bonchev–Trinajstić information content (AvgIpc) is 3.14. The molecule has 2 heterocycles. The number of rotatable bonds is 4. The Balaban J connectivity index is 1.83. The molecule has 120 valence electrons. The lowest BCUT2D eigenvalue weighted by molar-refractivity contribution is -0.122. The summed E-state index contributed by atoms with van der Waals surface area (Å²) in [5, 5.41) is 2.46. The summed E-state index contributed by atoms with van der Waals surface area (Å²) in [5.74, 6) is -0.885. The highest BCUT2D eigenvalue weighted by Gasteiger charge is 2.32. The molecule has 3 amide bonds. The fraction of sp³-hybridized carbons (Fsp3) is 0.294. The summed E-state index contributed by atoms with van der Waals surface area (Å²) in [5.41, 5.74) is 1.19. The maximum atomic E-state index is 14.3. The van der Waals surface area contributed by atoms with Crippen LogP contribution >= 0.6 is 0 Å². The molecule has 23 heavy (non-hydrogen) atoms. The smallest absolute Gasteiger partial charge is 0.329 e. The van der Waals surface area contributed by atoms with Gasteiger partial charge < -0.3 is 10.2 Å². The summed E-state index contributed by atoms with van der Waals surface area (Å²) < 4.78 is 14.3. The van der Waals surface area contributed by atoms with Crippen molar-refractivity contribution in [2.24, 2.45) is 0 Å². The van der Waals surface area contributed by atoms with Gasteiger partial charge in [-0.25, -0.2) is 9.18 Å². The fourth-order valence-electron chi connectivity index (χ4n) is 2.83. The van der Waals surface area contributed by atoms with E-state index in [4.69, 9.17) is 0 Å². The van der Waals surface area contributed by atoms with Crippen molar-refractivity contribution in [3.05, 3.63) is 47.9 Å². The lowest BCUT2D eigenvalue weighted by Crippen LogP contribution is -2.30. The quantitative estimate of drug-likeness (QED) is 0.528. The van der Waals surface area contributed by atoms with Crippen LogP contribution in [0.5, 0.6) is 0 Å². The predicted octanol–water partition coefficient (Wildman–Crippen LogP) is 2.50. The number of benzene rings is 1. The van der Waals surface area contributed by atoms with Gasteiger partial charge >= 0.3 is 6.03 Å². The Morgan fingerprint density at radius 3 is 2.65 bits per heavy atom. The van der Waals surface area contributed by atoms with Crippen LogP contribution in [0.4, 0.5) is 14.9 Å². The molecule has 1 aromatic rings. The zero-order valence-electron chi connectivity index (χ0n) is 12.7. The van der Waals surface area contributed by atoms with Crippen molar-refractivity contribution in [2.75, 3.05) is 24.5 Å². The molecule has 6 heteroatoms. The number of urea groups is 1. The Hall–Kier alpha value is -2.63. The molecule has 2 saturated heterocycles. The summed E-state index contributed by atoms with van der Waals surface area (Å²) in [7, 11) is 0. The minimum atomic E-state index is -0.518. The fourth-order valence-corrected chi connectivity index (χ4v) is 2.83. The molecule has 0 bridgehead atoms. The molecule has 1 aromatic carbocycles. The first-order valence-corrected chi connectivity index (χ1v) is 7.60. The Morgan fingerprint density at radius 1 is 1.26 bits per heavy atom. The number of nitrogens with one attached hydrogen (secondary N) is 1. The van der Waals surface area contributed by atoms with E-state index in [1.807, 2.05) is 6.07 Å². The lowest BCUT2D eigenvalue weighted by atomic mass is 10.1. The van der Waals surface area contributed by atoms with Crippen LogP contribution in [-0.4, -0.2) is 36.5 Å². The van der Waals surface area contributed by atoms with Gasteiger partial charge in [0.15, 0.2) is 0 Å². The summed E-state index contributed by atoms with van der Waals surface area (Å²) in [6.45, 7) is 5.50. The second kappa shape index (κ2) is 6.24.